The first-order valence-electron chi connectivity index (χ1n) is 6.76. The van der Waals surface area contributed by atoms with Gasteiger partial charge in [0.1, 0.15) is 11.0 Å². The molecule has 1 fully saturated rings. The number of rotatable bonds is 3. The Labute approximate surface area is 121 Å². The molecule has 106 valence electrons. The molecule has 0 bridgehead atoms. The highest BCUT2D eigenvalue weighted by Crippen LogP contribution is 2.23. The van der Waals surface area contributed by atoms with Crippen LogP contribution in [-0.4, -0.2) is 33.6 Å². The van der Waals surface area contributed by atoms with Gasteiger partial charge in [-0.15, -0.1) is 0 Å². The number of aromatic carboxylic acids is 1. The lowest BCUT2D eigenvalue weighted by Gasteiger charge is -2.22. The van der Waals surface area contributed by atoms with Crippen molar-refractivity contribution in [3.05, 3.63) is 34.9 Å². The molecular weight excluding hydrogens is 278 g/mol. The number of carbonyl (C=O) groups is 1. The molecule has 5 nitrogen and oxygen atoms in total. The lowest BCUT2D eigenvalue weighted by molar-refractivity contribution is 0.0693. The summed E-state index contributed by atoms with van der Waals surface area (Å²) in [7, 11) is 0. The molecule has 6 heteroatoms. The highest BCUT2D eigenvalue weighted by molar-refractivity contribution is 6.29. The summed E-state index contributed by atoms with van der Waals surface area (Å²) in [6.07, 6.45) is 3.02. The van der Waals surface area contributed by atoms with Gasteiger partial charge in [-0.2, -0.15) is 0 Å². The number of carboxylic acid groups (broad SMARTS) is 1. The van der Waals surface area contributed by atoms with E-state index in [0.29, 0.717) is 16.6 Å². The average Bonchev–Trinajstić information content (AvgIpc) is 2.80. The van der Waals surface area contributed by atoms with Gasteiger partial charge in [0.25, 0.3) is 0 Å². The van der Waals surface area contributed by atoms with E-state index < -0.39 is 5.97 Å². The Kier molecular flexibility index (Phi) is 3.63. The molecule has 3 heterocycles. The predicted molar refractivity (Wildman–Crippen MR) is 76.5 cm³/mol. The van der Waals surface area contributed by atoms with Crippen molar-refractivity contribution in [3.8, 4) is 0 Å². The molecule has 0 radical (unpaired) electrons. The molecule has 1 aliphatic heterocycles. The van der Waals surface area contributed by atoms with Crippen LogP contribution in [0, 0.1) is 5.92 Å². The summed E-state index contributed by atoms with van der Waals surface area (Å²) in [5.41, 5.74) is 0.634. The minimum Gasteiger partial charge on any atom is -0.476 e. The number of imidazole rings is 1. The van der Waals surface area contributed by atoms with E-state index in [9.17, 15) is 9.90 Å². The summed E-state index contributed by atoms with van der Waals surface area (Å²) in [6.45, 7) is 2.00. The lowest BCUT2D eigenvalue weighted by atomic mass is 9.96. The molecule has 1 aliphatic rings. The number of hydrogen-bond donors (Lipinski definition) is 2. The van der Waals surface area contributed by atoms with Crippen molar-refractivity contribution < 1.29 is 9.90 Å². The predicted octanol–water partition coefficient (Wildman–Crippen LogP) is 2.23. The first kappa shape index (κ1) is 13.4. The van der Waals surface area contributed by atoms with E-state index in [0.717, 1.165) is 38.2 Å². The van der Waals surface area contributed by atoms with Gasteiger partial charge in [-0.25, -0.2) is 9.78 Å². The van der Waals surface area contributed by atoms with E-state index in [2.05, 4.69) is 10.3 Å². The number of aromatic nitrogens is 2. The molecule has 1 saturated heterocycles. The van der Waals surface area contributed by atoms with Crippen molar-refractivity contribution in [2.75, 3.05) is 13.1 Å². The van der Waals surface area contributed by atoms with E-state index >= 15 is 0 Å². The van der Waals surface area contributed by atoms with Crippen LogP contribution in [0.3, 0.4) is 0 Å². The maximum atomic E-state index is 11.3. The maximum absolute atomic E-state index is 11.3. The van der Waals surface area contributed by atoms with Crippen molar-refractivity contribution in [3.63, 3.8) is 0 Å². The number of nitrogens with zero attached hydrogens (tertiary/aromatic N) is 2. The molecule has 0 aromatic carbocycles. The normalized spacial score (nSPS) is 19.4. The van der Waals surface area contributed by atoms with Gasteiger partial charge in [0, 0.05) is 6.42 Å². The second-order valence-electron chi connectivity index (χ2n) is 5.17. The molecule has 20 heavy (non-hydrogen) atoms. The van der Waals surface area contributed by atoms with Crippen molar-refractivity contribution in [2.24, 2.45) is 5.92 Å². The molecule has 3 rings (SSSR count). The van der Waals surface area contributed by atoms with Crippen molar-refractivity contribution >= 4 is 23.1 Å². The standard InChI is InChI=1S/C14H16ClN3O2/c15-11-5-1-4-10-13(14(19)20)17-12(18(10)11)7-9-3-2-6-16-8-9/h1,4-5,9,16H,2-3,6-8H2,(H,19,20). The van der Waals surface area contributed by atoms with Gasteiger partial charge < -0.3 is 10.4 Å². The van der Waals surface area contributed by atoms with Crippen LogP contribution in [-0.2, 0) is 6.42 Å². The van der Waals surface area contributed by atoms with E-state index in [4.69, 9.17) is 11.6 Å². The number of piperidine rings is 1. The first-order chi connectivity index (χ1) is 9.66. The summed E-state index contributed by atoms with van der Waals surface area (Å²) in [6, 6.07) is 5.24. The molecule has 2 aromatic rings. The first-order valence-corrected chi connectivity index (χ1v) is 7.14. The van der Waals surface area contributed by atoms with Crippen molar-refractivity contribution in [2.45, 2.75) is 19.3 Å². The van der Waals surface area contributed by atoms with Gasteiger partial charge in [-0.05, 0) is 44.0 Å². The third-order valence-corrected chi connectivity index (χ3v) is 4.05. The van der Waals surface area contributed by atoms with E-state index in [1.807, 2.05) is 0 Å². The highest BCUT2D eigenvalue weighted by atomic mass is 35.5. The molecular formula is C14H16ClN3O2. The molecule has 1 unspecified atom stereocenters. The number of halogens is 1. The molecule has 2 aromatic heterocycles. The molecule has 0 amide bonds. The summed E-state index contributed by atoms with van der Waals surface area (Å²) < 4.78 is 1.75. The molecule has 0 saturated carbocycles. The summed E-state index contributed by atoms with van der Waals surface area (Å²) in [5, 5.41) is 13.1. The number of nitrogens with one attached hydrogen (secondary N) is 1. The van der Waals surface area contributed by atoms with Gasteiger partial charge in [0.05, 0.1) is 5.52 Å². The van der Waals surface area contributed by atoms with Crippen LogP contribution in [0.2, 0.25) is 5.15 Å². The van der Waals surface area contributed by atoms with E-state index in [1.165, 1.54) is 0 Å². The second-order valence-corrected chi connectivity index (χ2v) is 5.55. The SMILES string of the molecule is O=C(O)c1nc(CC2CCCNC2)n2c(Cl)cccc12. The third kappa shape index (κ3) is 2.39. The van der Waals surface area contributed by atoms with Crippen molar-refractivity contribution in [1.82, 2.24) is 14.7 Å². The smallest absolute Gasteiger partial charge is 0.356 e. The zero-order valence-electron chi connectivity index (χ0n) is 11.0. The topological polar surface area (TPSA) is 66.6 Å². The average molecular weight is 294 g/mol. The Morgan fingerprint density at radius 1 is 1.55 bits per heavy atom. The van der Waals surface area contributed by atoms with Crippen LogP contribution in [0.15, 0.2) is 18.2 Å². The molecule has 0 spiro atoms. The maximum Gasteiger partial charge on any atom is 0.356 e. The van der Waals surface area contributed by atoms with Crippen LogP contribution in [0.1, 0.15) is 29.2 Å². The summed E-state index contributed by atoms with van der Waals surface area (Å²) >= 11 is 6.21. The monoisotopic (exact) mass is 293 g/mol. The van der Waals surface area contributed by atoms with Crippen LogP contribution in [0.5, 0.6) is 0 Å². The Morgan fingerprint density at radius 2 is 2.40 bits per heavy atom. The molecule has 0 aliphatic carbocycles. The van der Waals surface area contributed by atoms with Crippen LogP contribution in [0.25, 0.3) is 5.52 Å². The third-order valence-electron chi connectivity index (χ3n) is 3.76. The fourth-order valence-electron chi connectivity index (χ4n) is 2.82. The minimum absolute atomic E-state index is 0.0752. The number of carboxylic acids is 1. The Balaban J connectivity index is 2.03. The van der Waals surface area contributed by atoms with E-state index in [1.54, 1.807) is 22.6 Å². The Morgan fingerprint density at radius 3 is 3.10 bits per heavy atom. The Bertz CT molecular complexity index is 647. The minimum atomic E-state index is -1.02. The molecule has 2 N–H and O–H groups in total. The van der Waals surface area contributed by atoms with Crippen LogP contribution >= 0.6 is 11.6 Å². The highest BCUT2D eigenvalue weighted by Gasteiger charge is 2.21. The Hall–Kier alpha value is -1.59. The quantitative estimate of drug-likeness (QED) is 0.852. The zero-order chi connectivity index (χ0) is 14.1. The van der Waals surface area contributed by atoms with Crippen molar-refractivity contribution in [1.29, 1.82) is 0 Å². The second kappa shape index (κ2) is 5.42. The van der Waals surface area contributed by atoms with Gasteiger partial charge in [-0.3, -0.25) is 4.40 Å². The fraction of sp³-hybridized carbons (Fsp3) is 0.429. The van der Waals surface area contributed by atoms with E-state index in [-0.39, 0.29) is 5.69 Å². The number of pyridine rings is 1. The zero-order valence-corrected chi connectivity index (χ0v) is 11.7. The summed E-state index contributed by atoms with van der Waals surface area (Å²) in [5.74, 6) is 0.196. The number of fused-ring (bicyclic) bond motifs is 1. The largest absolute Gasteiger partial charge is 0.476 e. The van der Waals surface area contributed by atoms with Gasteiger partial charge in [0.2, 0.25) is 0 Å². The van der Waals surface area contributed by atoms with Gasteiger partial charge >= 0.3 is 5.97 Å². The van der Waals surface area contributed by atoms with Crippen LogP contribution in [0.4, 0.5) is 0 Å². The van der Waals surface area contributed by atoms with Crippen LogP contribution < -0.4 is 5.32 Å². The molecule has 1 atom stereocenters. The number of hydrogen-bond acceptors (Lipinski definition) is 3. The summed E-state index contributed by atoms with van der Waals surface area (Å²) in [4.78, 5) is 15.6. The fourth-order valence-corrected chi connectivity index (χ4v) is 3.08. The van der Waals surface area contributed by atoms with Gasteiger partial charge in [-0.1, -0.05) is 17.7 Å². The van der Waals surface area contributed by atoms with Gasteiger partial charge in [0.15, 0.2) is 5.69 Å². The lowest BCUT2D eigenvalue weighted by Crippen LogP contribution is -2.31.